The lowest BCUT2D eigenvalue weighted by atomic mass is 10.1. The Kier molecular flexibility index (Phi) is 4.76. The van der Waals surface area contributed by atoms with Gasteiger partial charge in [-0.25, -0.2) is 13.1 Å². The van der Waals surface area contributed by atoms with Crippen molar-refractivity contribution in [2.75, 3.05) is 6.54 Å². The highest BCUT2D eigenvalue weighted by Gasteiger charge is 2.23. The van der Waals surface area contributed by atoms with Crippen molar-refractivity contribution in [3.05, 3.63) is 46.8 Å². The van der Waals surface area contributed by atoms with Gasteiger partial charge in [0.05, 0.1) is 11.4 Å². The number of nitrogens with two attached hydrogens (primary N) is 1. The van der Waals surface area contributed by atoms with Crippen LogP contribution in [0.15, 0.2) is 29.2 Å². The molecule has 1 aromatic heterocycles. The molecule has 6 nitrogen and oxygen atoms in total. The minimum absolute atomic E-state index is 0.0817. The molecule has 0 unspecified atom stereocenters. The first-order valence-electron chi connectivity index (χ1n) is 6.74. The second-order valence-corrected chi connectivity index (χ2v) is 6.61. The van der Waals surface area contributed by atoms with Gasteiger partial charge in [-0.15, -0.1) is 0 Å². The van der Waals surface area contributed by atoms with Crippen LogP contribution in [0.3, 0.4) is 0 Å². The van der Waals surface area contributed by atoms with E-state index in [1.165, 1.54) is 0 Å². The van der Waals surface area contributed by atoms with E-state index in [2.05, 4.69) is 14.9 Å². The number of aromatic nitrogens is 2. The first-order chi connectivity index (χ1) is 9.95. The van der Waals surface area contributed by atoms with Crippen molar-refractivity contribution in [2.24, 2.45) is 5.73 Å². The Balaban J connectivity index is 2.09. The Hall–Kier alpha value is -1.70. The third-order valence-corrected chi connectivity index (χ3v) is 5.03. The SMILES string of the molecule is Cc1ccccc1CCNS(=O)(=O)c1c(CN)n[nH]c1C. The molecule has 1 heterocycles. The Morgan fingerprint density at radius 2 is 2.00 bits per heavy atom. The predicted octanol–water partition coefficient (Wildman–Crippen LogP) is 1.01. The summed E-state index contributed by atoms with van der Waals surface area (Å²) in [5.74, 6) is 0. The number of H-pyrrole nitrogens is 1. The van der Waals surface area contributed by atoms with Crippen molar-refractivity contribution >= 4 is 10.0 Å². The van der Waals surface area contributed by atoms with E-state index in [9.17, 15) is 8.42 Å². The molecule has 0 bridgehead atoms. The van der Waals surface area contributed by atoms with E-state index in [-0.39, 0.29) is 11.4 Å². The fourth-order valence-electron chi connectivity index (χ4n) is 2.25. The number of sulfonamides is 1. The van der Waals surface area contributed by atoms with Gasteiger partial charge in [0.15, 0.2) is 0 Å². The normalized spacial score (nSPS) is 11.8. The van der Waals surface area contributed by atoms with Crippen molar-refractivity contribution in [3.63, 3.8) is 0 Å². The topological polar surface area (TPSA) is 101 Å². The molecule has 0 amide bonds. The third kappa shape index (κ3) is 3.49. The molecule has 0 fully saturated rings. The van der Waals surface area contributed by atoms with Gasteiger partial charge in [0.25, 0.3) is 0 Å². The number of aromatic amines is 1. The molecule has 7 heteroatoms. The van der Waals surface area contributed by atoms with E-state index < -0.39 is 10.0 Å². The summed E-state index contributed by atoms with van der Waals surface area (Å²) in [7, 11) is -3.60. The van der Waals surface area contributed by atoms with Crippen LogP contribution in [0.1, 0.15) is 22.5 Å². The molecule has 0 aliphatic carbocycles. The molecule has 4 N–H and O–H groups in total. The fourth-order valence-corrected chi connectivity index (χ4v) is 3.65. The standard InChI is InChI=1S/C14H20N4O2S/c1-10-5-3-4-6-12(10)7-8-16-21(19,20)14-11(2)17-18-13(14)9-15/h3-6,16H,7-9,15H2,1-2H3,(H,17,18). The molecule has 114 valence electrons. The number of nitrogens with zero attached hydrogens (tertiary/aromatic N) is 1. The van der Waals surface area contributed by atoms with Crippen molar-refractivity contribution in [2.45, 2.75) is 31.7 Å². The van der Waals surface area contributed by atoms with Crippen molar-refractivity contribution in [3.8, 4) is 0 Å². The smallest absolute Gasteiger partial charge is 0.244 e. The predicted molar refractivity (Wildman–Crippen MR) is 81.3 cm³/mol. The summed E-state index contributed by atoms with van der Waals surface area (Å²) in [6.45, 7) is 4.10. The van der Waals surface area contributed by atoms with Gasteiger partial charge in [0, 0.05) is 13.1 Å². The fraction of sp³-hybridized carbons (Fsp3) is 0.357. The van der Waals surface area contributed by atoms with Crippen LogP contribution < -0.4 is 10.5 Å². The van der Waals surface area contributed by atoms with Gasteiger partial charge >= 0.3 is 0 Å². The first-order valence-corrected chi connectivity index (χ1v) is 8.22. The molecule has 2 aromatic rings. The lowest BCUT2D eigenvalue weighted by Gasteiger charge is -2.09. The molecule has 0 atom stereocenters. The second-order valence-electron chi connectivity index (χ2n) is 4.90. The number of rotatable bonds is 6. The number of hydrogen-bond acceptors (Lipinski definition) is 4. The molecule has 0 radical (unpaired) electrons. The van der Waals surface area contributed by atoms with Gasteiger partial charge in [-0.1, -0.05) is 24.3 Å². The van der Waals surface area contributed by atoms with Crippen LogP contribution in [0.25, 0.3) is 0 Å². The zero-order valence-electron chi connectivity index (χ0n) is 12.2. The van der Waals surface area contributed by atoms with Crippen molar-refractivity contribution < 1.29 is 8.42 Å². The maximum absolute atomic E-state index is 12.3. The van der Waals surface area contributed by atoms with Crippen LogP contribution >= 0.6 is 0 Å². The maximum atomic E-state index is 12.3. The number of hydrogen-bond donors (Lipinski definition) is 3. The van der Waals surface area contributed by atoms with Gasteiger partial charge in [0.1, 0.15) is 4.90 Å². The Labute approximate surface area is 124 Å². The first kappa shape index (κ1) is 15.7. The highest BCUT2D eigenvalue weighted by molar-refractivity contribution is 7.89. The average molecular weight is 308 g/mol. The van der Waals surface area contributed by atoms with Crippen LogP contribution in [0.4, 0.5) is 0 Å². The molecule has 0 spiro atoms. The molecule has 2 rings (SSSR count). The maximum Gasteiger partial charge on any atom is 0.244 e. The molecule has 0 saturated heterocycles. The lowest BCUT2D eigenvalue weighted by Crippen LogP contribution is -2.27. The van der Waals surface area contributed by atoms with Crippen molar-refractivity contribution in [1.29, 1.82) is 0 Å². The second kappa shape index (κ2) is 6.38. The molecular weight excluding hydrogens is 288 g/mol. The van der Waals surface area contributed by atoms with Crippen LogP contribution in [0.5, 0.6) is 0 Å². The van der Waals surface area contributed by atoms with Crippen LogP contribution in [0.2, 0.25) is 0 Å². The summed E-state index contributed by atoms with van der Waals surface area (Å²) in [5.41, 5.74) is 8.66. The van der Waals surface area contributed by atoms with Crippen molar-refractivity contribution in [1.82, 2.24) is 14.9 Å². The Morgan fingerprint density at radius 3 is 2.67 bits per heavy atom. The van der Waals surface area contributed by atoms with Crippen LogP contribution in [0, 0.1) is 13.8 Å². The highest BCUT2D eigenvalue weighted by atomic mass is 32.2. The summed E-state index contributed by atoms with van der Waals surface area (Å²) < 4.78 is 27.3. The molecular formula is C14H20N4O2S. The minimum atomic E-state index is -3.60. The number of benzene rings is 1. The molecule has 1 aromatic carbocycles. The van der Waals surface area contributed by atoms with Gasteiger partial charge in [-0.3, -0.25) is 5.10 Å². The van der Waals surface area contributed by atoms with E-state index in [1.807, 2.05) is 31.2 Å². The molecule has 21 heavy (non-hydrogen) atoms. The summed E-state index contributed by atoms with van der Waals surface area (Å²) in [4.78, 5) is 0.162. The average Bonchev–Trinajstić information content (AvgIpc) is 2.83. The number of aryl methyl sites for hydroxylation is 2. The van der Waals surface area contributed by atoms with E-state index in [0.29, 0.717) is 24.4 Å². The van der Waals surface area contributed by atoms with Gasteiger partial charge in [-0.05, 0) is 31.4 Å². The summed E-state index contributed by atoms with van der Waals surface area (Å²) in [6, 6.07) is 7.92. The summed E-state index contributed by atoms with van der Waals surface area (Å²) in [6.07, 6.45) is 0.640. The Morgan fingerprint density at radius 1 is 1.29 bits per heavy atom. The quantitative estimate of drug-likeness (QED) is 0.741. The molecule has 0 aliphatic heterocycles. The van der Waals surface area contributed by atoms with Gasteiger partial charge < -0.3 is 5.73 Å². The molecule has 0 aliphatic rings. The summed E-state index contributed by atoms with van der Waals surface area (Å²) in [5, 5.41) is 6.57. The monoisotopic (exact) mass is 308 g/mol. The summed E-state index contributed by atoms with van der Waals surface area (Å²) >= 11 is 0. The zero-order valence-corrected chi connectivity index (χ0v) is 13.0. The number of nitrogens with one attached hydrogen (secondary N) is 2. The van der Waals surface area contributed by atoms with E-state index in [1.54, 1.807) is 6.92 Å². The van der Waals surface area contributed by atoms with E-state index in [4.69, 9.17) is 5.73 Å². The molecule has 0 saturated carbocycles. The highest BCUT2D eigenvalue weighted by Crippen LogP contribution is 2.17. The third-order valence-electron chi connectivity index (χ3n) is 3.37. The van der Waals surface area contributed by atoms with E-state index >= 15 is 0 Å². The van der Waals surface area contributed by atoms with Crippen LogP contribution in [-0.4, -0.2) is 25.2 Å². The van der Waals surface area contributed by atoms with Crippen LogP contribution in [-0.2, 0) is 23.0 Å². The van der Waals surface area contributed by atoms with Gasteiger partial charge in [0.2, 0.25) is 10.0 Å². The van der Waals surface area contributed by atoms with Gasteiger partial charge in [-0.2, -0.15) is 5.10 Å². The van der Waals surface area contributed by atoms with E-state index in [0.717, 1.165) is 11.1 Å². The minimum Gasteiger partial charge on any atom is -0.325 e. The largest absolute Gasteiger partial charge is 0.325 e. The lowest BCUT2D eigenvalue weighted by molar-refractivity contribution is 0.579. The Bertz CT molecular complexity index is 722. The zero-order chi connectivity index (χ0) is 15.5.